The van der Waals surface area contributed by atoms with Crippen LogP contribution in [0.3, 0.4) is 0 Å². The second-order valence-electron chi connectivity index (χ2n) is 6.76. The number of aromatic nitrogens is 1. The third-order valence-corrected chi connectivity index (χ3v) is 4.93. The molecule has 1 saturated carbocycles. The molecule has 0 spiro atoms. The molecule has 5 heteroatoms. The Morgan fingerprint density at radius 1 is 1.12 bits per heavy atom. The van der Waals surface area contributed by atoms with Gasteiger partial charge in [-0.3, -0.25) is 4.98 Å². The van der Waals surface area contributed by atoms with Gasteiger partial charge in [0, 0.05) is 18.1 Å². The molecule has 0 amide bonds. The van der Waals surface area contributed by atoms with Crippen LogP contribution in [0.1, 0.15) is 29.5 Å². The maximum Gasteiger partial charge on any atom is 0.146 e. The first-order valence-electron chi connectivity index (χ1n) is 8.72. The molecule has 2 heterocycles. The average molecular weight is 337 g/mol. The lowest BCUT2D eigenvalue weighted by molar-refractivity contribution is 0.305. The highest BCUT2D eigenvalue weighted by molar-refractivity contribution is 6.00. The molecule has 1 aromatic carbocycles. The van der Waals surface area contributed by atoms with E-state index in [0.29, 0.717) is 12.5 Å². The van der Waals surface area contributed by atoms with E-state index in [1.54, 1.807) is 7.11 Å². The van der Waals surface area contributed by atoms with Crippen molar-refractivity contribution in [2.45, 2.75) is 33.3 Å². The van der Waals surface area contributed by atoms with Gasteiger partial charge in [-0.05, 0) is 61.4 Å². The van der Waals surface area contributed by atoms with Gasteiger partial charge in [0.15, 0.2) is 0 Å². The van der Waals surface area contributed by atoms with Gasteiger partial charge in [-0.1, -0.05) is 0 Å². The summed E-state index contributed by atoms with van der Waals surface area (Å²) in [5, 5.41) is 3.49. The number of hydrogen-bond acceptors (Lipinski definition) is 5. The SMILES string of the molecule is COc1ccc(OCc2c(C)cncc2C)c2c1N=C(C1CC1)CN2. The number of aryl methyl sites for hydroxylation is 2. The molecular weight excluding hydrogens is 314 g/mol. The van der Waals surface area contributed by atoms with E-state index in [1.807, 2.05) is 24.5 Å². The normalized spacial score (nSPS) is 15.9. The van der Waals surface area contributed by atoms with Gasteiger partial charge < -0.3 is 14.8 Å². The Bertz CT molecular complexity index is 821. The summed E-state index contributed by atoms with van der Waals surface area (Å²) in [6, 6.07) is 3.88. The molecule has 1 fully saturated rings. The zero-order chi connectivity index (χ0) is 17.4. The molecule has 2 aromatic rings. The highest BCUT2D eigenvalue weighted by atomic mass is 16.5. The lowest BCUT2D eigenvalue weighted by Crippen LogP contribution is -2.20. The van der Waals surface area contributed by atoms with Crippen LogP contribution >= 0.6 is 0 Å². The van der Waals surface area contributed by atoms with E-state index < -0.39 is 0 Å². The summed E-state index contributed by atoms with van der Waals surface area (Å²) in [5.41, 5.74) is 6.47. The van der Waals surface area contributed by atoms with Gasteiger partial charge in [-0.2, -0.15) is 0 Å². The Morgan fingerprint density at radius 2 is 1.84 bits per heavy atom. The van der Waals surface area contributed by atoms with Crippen molar-refractivity contribution in [2.24, 2.45) is 10.9 Å². The lowest BCUT2D eigenvalue weighted by atomic mass is 10.1. The molecule has 25 heavy (non-hydrogen) atoms. The van der Waals surface area contributed by atoms with Crippen LogP contribution in [0.5, 0.6) is 11.5 Å². The summed E-state index contributed by atoms with van der Waals surface area (Å²) >= 11 is 0. The first kappa shape index (κ1) is 15.9. The standard InChI is InChI=1S/C20H23N3O2/c1-12-8-21-9-13(2)15(12)11-25-18-7-6-17(24-3)20-19(18)22-10-16(23-20)14-4-5-14/h6-9,14,22H,4-5,10-11H2,1-3H3. The molecule has 4 rings (SSSR count). The van der Waals surface area contributed by atoms with Crippen LogP contribution in [0, 0.1) is 19.8 Å². The molecule has 0 atom stereocenters. The minimum absolute atomic E-state index is 0.514. The van der Waals surface area contributed by atoms with Crippen molar-refractivity contribution in [3.05, 3.63) is 41.2 Å². The first-order chi connectivity index (χ1) is 12.2. The van der Waals surface area contributed by atoms with Crippen molar-refractivity contribution in [1.29, 1.82) is 0 Å². The summed E-state index contributed by atoms with van der Waals surface area (Å²) in [6.45, 7) is 5.42. The van der Waals surface area contributed by atoms with Crippen LogP contribution in [0.15, 0.2) is 29.5 Å². The van der Waals surface area contributed by atoms with Gasteiger partial charge in [0.2, 0.25) is 0 Å². The van der Waals surface area contributed by atoms with Gasteiger partial charge >= 0.3 is 0 Å². The zero-order valence-electron chi connectivity index (χ0n) is 14.9. The number of pyridine rings is 1. The van der Waals surface area contributed by atoms with E-state index >= 15 is 0 Å². The van der Waals surface area contributed by atoms with E-state index in [2.05, 4.69) is 24.1 Å². The number of fused-ring (bicyclic) bond motifs is 1. The number of anilines is 1. The topological polar surface area (TPSA) is 55.7 Å². The van der Waals surface area contributed by atoms with E-state index in [9.17, 15) is 0 Å². The number of rotatable bonds is 5. The maximum atomic E-state index is 6.15. The molecule has 1 aromatic heterocycles. The minimum Gasteiger partial charge on any atom is -0.494 e. The van der Waals surface area contributed by atoms with Crippen LogP contribution in [-0.2, 0) is 6.61 Å². The second kappa shape index (κ2) is 6.39. The Balaban J connectivity index is 1.64. The maximum absolute atomic E-state index is 6.15. The van der Waals surface area contributed by atoms with Crippen molar-refractivity contribution < 1.29 is 9.47 Å². The summed E-state index contributed by atoms with van der Waals surface area (Å²) in [4.78, 5) is 9.09. The molecule has 5 nitrogen and oxygen atoms in total. The highest BCUT2D eigenvalue weighted by Gasteiger charge is 2.31. The number of nitrogens with one attached hydrogen (secondary N) is 1. The van der Waals surface area contributed by atoms with E-state index in [4.69, 9.17) is 14.5 Å². The van der Waals surface area contributed by atoms with Gasteiger partial charge in [-0.15, -0.1) is 0 Å². The molecule has 1 aliphatic heterocycles. The smallest absolute Gasteiger partial charge is 0.146 e. The quantitative estimate of drug-likeness (QED) is 0.888. The Morgan fingerprint density at radius 3 is 2.52 bits per heavy atom. The fraction of sp³-hybridized carbons (Fsp3) is 0.400. The number of hydrogen-bond donors (Lipinski definition) is 1. The largest absolute Gasteiger partial charge is 0.494 e. The van der Waals surface area contributed by atoms with Crippen molar-refractivity contribution >= 4 is 17.1 Å². The Hall–Kier alpha value is -2.56. The van der Waals surface area contributed by atoms with E-state index in [-0.39, 0.29) is 0 Å². The molecule has 2 aliphatic rings. The van der Waals surface area contributed by atoms with Gasteiger partial charge in [0.05, 0.1) is 13.7 Å². The van der Waals surface area contributed by atoms with Gasteiger partial charge in [0.25, 0.3) is 0 Å². The predicted molar refractivity (Wildman–Crippen MR) is 99.3 cm³/mol. The molecule has 0 unspecified atom stereocenters. The summed E-state index contributed by atoms with van der Waals surface area (Å²) in [7, 11) is 1.68. The summed E-state index contributed by atoms with van der Waals surface area (Å²) in [5.74, 6) is 2.23. The van der Waals surface area contributed by atoms with Crippen LogP contribution in [0.4, 0.5) is 11.4 Å². The average Bonchev–Trinajstić information content (AvgIpc) is 3.46. The first-order valence-corrected chi connectivity index (χ1v) is 8.72. The third kappa shape index (κ3) is 3.06. The van der Waals surface area contributed by atoms with Crippen molar-refractivity contribution in [2.75, 3.05) is 19.0 Å². The number of methoxy groups -OCH3 is 1. The van der Waals surface area contributed by atoms with Crippen LogP contribution in [0.2, 0.25) is 0 Å². The molecule has 1 aliphatic carbocycles. The Kier molecular flexibility index (Phi) is 4.07. The van der Waals surface area contributed by atoms with Crippen LogP contribution in [0.25, 0.3) is 0 Å². The molecule has 1 N–H and O–H groups in total. The van der Waals surface area contributed by atoms with Crippen LogP contribution < -0.4 is 14.8 Å². The predicted octanol–water partition coefficient (Wildman–Crippen LogP) is 4.19. The molecular formula is C20H23N3O2. The lowest BCUT2D eigenvalue weighted by Gasteiger charge is -2.23. The van der Waals surface area contributed by atoms with Crippen molar-refractivity contribution in [3.63, 3.8) is 0 Å². The van der Waals surface area contributed by atoms with Gasteiger partial charge in [0.1, 0.15) is 29.5 Å². The van der Waals surface area contributed by atoms with Crippen LogP contribution in [-0.4, -0.2) is 24.4 Å². The summed E-state index contributed by atoms with van der Waals surface area (Å²) < 4.78 is 11.7. The molecule has 0 radical (unpaired) electrons. The number of aliphatic imine (C=N–C) groups is 1. The number of nitrogens with zero attached hydrogens (tertiary/aromatic N) is 2. The Labute approximate surface area is 148 Å². The number of ether oxygens (including phenoxy) is 2. The minimum atomic E-state index is 0.514. The van der Waals surface area contributed by atoms with Gasteiger partial charge in [-0.25, -0.2) is 4.99 Å². The third-order valence-electron chi connectivity index (χ3n) is 4.93. The molecule has 130 valence electrons. The zero-order valence-corrected chi connectivity index (χ0v) is 14.9. The highest BCUT2D eigenvalue weighted by Crippen LogP contribution is 2.46. The molecule has 0 saturated heterocycles. The fourth-order valence-corrected chi connectivity index (χ4v) is 3.24. The monoisotopic (exact) mass is 337 g/mol. The van der Waals surface area contributed by atoms with E-state index in [0.717, 1.165) is 40.5 Å². The fourth-order valence-electron chi connectivity index (χ4n) is 3.24. The second-order valence-corrected chi connectivity index (χ2v) is 6.76. The van der Waals surface area contributed by atoms with Crippen molar-refractivity contribution in [1.82, 2.24) is 4.98 Å². The van der Waals surface area contributed by atoms with E-state index in [1.165, 1.54) is 24.1 Å². The number of benzene rings is 1. The van der Waals surface area contributed by atoms with Crippen molar-refractivity contribution in [3.8, 4) is 11.5 Å². The summed E-state index contributed by atoms with van der Waals surface area (Å²) in [6.07, 6.45) is 6.24. The molecule has 0 bridgehead atoms.